The van der Waals surface area contributed by atoms with Crippen molar-refractivity contribution in [1.29, 1.82) is 0 Å². The van der Waals surface area contributed by atoms with Crippen LogP contribution in [0.1, 0.15) is 34.4 Å². The van der Waals surface area contributed by atoms with Crippen LogP contribution in [0.3, 0.4) is 0 Å². The summed E-state index contributed by atoms with van der Waals surface area (Å²) in [5.41, 5.74) is 2.40. The van der Waals surface area contributed by atoms with Crippen molar-refractivity contribution in [2.45, 2.75) is 26.7 Å². The fourth-order valence-corrected chi connectivity index (χ4v) is 4.00. The first-order valence-corrected chi connectivity index (χ1v) is 8.79. The SMILES string of the molecule is CCCc1nc2sc(C)c(-c3cc(OC)ccc3OC)n2c1C(=O)O. The molecule has 0 aliphatic heterocycles. The summed E-state index contributed by atoms with van der Waals surface area (Å²) in [6, 6.07) is 5.50. The second-order valence-corrected chi connectivity index (χ2v) is 6.83. The van der Waals surface area contributed by atoms with Crippen LogP contribution < -0.4 is 9.47 Å². The number of carboxylic acid groups (broad SMARTS) is 1. The number of thiazole rings is 1. The van der Waals surface area contributed by atoms with Crippen molar-refractivity contribution in [3.8, 4) is 22.8 Å². The minimum atomic E-state index is -0.975. The molecular formula is C18H20N2O4S. The van der Waals surface area contributed by atoms with Gasteiger partial charge in [-0.15, -0.1) is 11.3 Å². The summed E-state index contributed by atoms with van der Waals surface area (Å²) < 4.78 is 12.6. The normalized spacial score (nSPS) is 11.0. The Morgan fingerprint density at radius 3 is 2.68 bits per heavy atom. The van der Waals surface area contributed by atoms with Crippen LogP contribution in [0.5, 0.6) is 11.5 Å². The van der Waals surface area contributed by atoms with Crippen LogP contribution >= 0.6 is 11.3 Å². The molecule has 6 nitrogen and oxygen atoms in total. The van der Waals surface area contributed by atoms with Gasteiger partial charge in [0.25, 0.3) is 0 Å². The maximum absolute atomic E-state index is 11.9. The molecule has 1 aromatic carbocycles. The summed E-state index contributed by atoms with van der Waals surface area (Å²) in [4.78, 5) is 18.1. The van der Waals surface area contributed by atoms with Gasteiger partial charge in [-0.1, -0.05) is 13.3 Å². The number of benzene rings is 1. The van der Waals surface area contributed by atoms with E-state index in [1.165, 1.54) is 11.3 Å². The van der Waals surface area contributed by atoms with Crippen molar-refractivity contribution < 1.29 is 19.4 Å². The molecule has 3 aromatic rings. The number of rotatable bonds is 6. The molecule has 2 aromatic heterocycles. The van der Waals surface area contributed by atoms with E-state index < -0.39 is 5.97 Å². The van der Waals surface area contributed by atoms with Gasteiger partial charge in [-0.25, -0.2) is 9.78 Å². The number of aryl methyl sites for hydroxylation is 2. The fourth-order valence-electron chi connectivity index (χ4n) is 3.00. The maximum atomic E-state index is 11.9. The van der Waals surface area contributed by atoms with E-state index in [1.54, 1.807) is 18.6 Å². The van der Waals surface area contributed by atoms with Gasteiger partial charge in [-0.2, -0.15) is 0 Å². The lowest BCUT2D eigenvalue weighted by molar-refractivity contribution is 0.0688. The van der Waals surface area contributed by atoms with Crippen LogP contribution in [0.2, 0.25) is 0 Å². The maximum Gasteiger partial charge on any atom is 0.354 e. The van der Waals surface area contributed by atoms with Gasteiger partial charge >= 0.3 is 5.97 Å². The molecule has 1 N–H and O–H groups in total. The number of imidazole rings is 1. The molecule has 0 aliphatic carbocycles. The first-order chi connectivity index (χ1) is 12.0. The second kappa shape index (κ2) is 6.76. The van der Waals surface area contributed by atoms with Crippen molar-refractivity contribution in [1.82, 2.24) is 9.38 Å². The molecule has 0 saturated carbocycles. The average molecular weight is 360 g/mol. The Balaban J connectivity index is 2.37. The Labute approximate surface area is 149 Å². The van der Waals surface area contributed by atoms with Crippen molar-refractivity contribution in [3.05, 3.63) is 34.5 Å². The number of hydrogen-bond donors (Lipinski definition) is 1. The molecule has 0 amide bonds. The Morgan fingerprint density at radius 1 is 1.32 bits per heavy atom. The zero-order valence-electron chi connectivity index (χ0n) is 14.6. The number of aromatic nitrogens is 2. The molecule has 0 atom stereocenters. The van der Waals surface area contributed by atoms with E-state index in [2.05, 4.69) is 4.98 Å². The van der Waals surface area contributed by atoms with Crippen LogP contribution in [-0.4, -0.2) is 34.7 Å². The number of carboxylic acids is 1. The lowest BCUT2D eigenvalue weighted by atomic mass is 10.1. The first kappa shape index (κ1) is 17.3. The Kier molecular flexibility index (Phi) is 4.67. The predicted molar refractivity (Wildman–Crippen MR) is 97.3 cm³/mol. The Bertz CT molecular complexity index is 942. The third kappa shape index (κ3) is 2.84. The number of hydrogen-bond acceptors (Lipinski definition) is 5. The van der Waals surface area contributed by atoms with Crippen molar-refractivity contribution in [3.63, 3.8) is 0 Å². The van der Waals surface area contributed by atoms with Gasteiger partial charge in [0.05, 0.1) is 25.6 Å². The van der Waals surface area contributed by atoms with Gasteiger partial charge in [0, 0.05) is 10.4 Å². The highest BCUT2D eigenvalue weighted by molar-refractivity contribution is 7.17. The van der Waals surface area contributed by atoms with Crippen LogP contribution in [0.25, 0.3) is 16.2 Å². The first-order valence-electron chi connectivity index (χ1n) is 7.98. The van der Waals surface area contributed by atoms with Gasteiger partial charge in [0.2, 0.25) is 0 Å². The topological polar surface area (TPSA) is 73.1 Å². The molecule has 0 saturated heterocycles. The highest BCUT2D eigenvalue weighted by atomic mass is 32.1. The molecule has 0 radical (unpaired) electrons. The lowest BCUT2D eigenvalue weighted by Gasteiger charge is -2.12. The summed E-state index contributed by atoms with van der Waals surface area (Å²) in [5.74, 6) is 0.364. The van der Waals surface area contributed by atoms with Crippen LogP contribution in [0.15, 0.2) is 18.2 Å². The standard InChI is InChI=1S/C18H20N2O4S/c1-5-6-13-16(17(21)22)20-15(10(2)25-18(20)19-13)12-9-11(23-3)7-8-14(12)24-4/h7-9H,5-6H2,1-4H3,(H,21,22). The molecule has 0 bridgehead atoms. The lowest BCUT2D eigenvalue weighted by Crippen LogP contribution is -2.07. The van der Waals surface area contributed by atoms with E-state index >= 15 is 0 Å². The molecule has 7 heteroatoms. The highest BCUT2D eigenvalue weighted by Gasteiger charge is 2.25. The van der Waals surface area contributed by atoms with Gasteiger partial charge in [-0.05, 0) is 31.5 Å². The van der Waals surface area contributed by atoms with Gasteiger partial charge < -0.3 is 14.6 Å². The van der Waals surface area contributed by atoms with E-state index in [0.717, 1.165) is 22.6 Å². The third-order valence-corrected chi connectivity index (χ3v) is 5.03. The molecule has 0 spiro atoms. The minimum absolute atomic E-state index is 0.223. The molecule has 2 heterocycles. The van der Waals surface area contributed by atoms with Crippen LogP contribution in [0.4, 0.5) is 0 Å². The predicted octanol–water partition coefficient (Wildman–Crippen LogP) is 4.04. The number of carbonyl (C=O) groups is 1. The largest absolute Gasteiger partial charge is 0.497 e. The summed E-state index contributed by atoms with van der Waals surface area (Å²) >= 11 is 1.48. The number of methoxy groups -OCH3 is 2. The molecule has 25 heavy (non-hydrogen) atoms. The molecule has 0 aliphatic rings. The molecule has 132 valence electrons. The van der Waals surface area contributed by atoms with E-state index in [9.17, 15) is 9.90 Å². The number of ether oxygens (including phenoxy) is 2. The summed E-state index contributed by atoms with van der Waals surface area (Å²) in [7, 11) is 3.19. The zero-order chi connectivity index (χ0) is 18.1. The second-order valence-electron chi connectivity index (χ2n) is 5.65. The monoisotopic (exact) mass is 360 g/mol. The highest BCUT2D eigenvalue weighted by Crippen LogP contribution is 2.40. The van der Waals surface area contributed by atoms with Crippen molar-refractivity contribution in [2.75, 3.05) is 14.2 Å². The van der Waals surface area contributed by atoms with Crippen molar-refractivity contribution >= 4 is 22.3 Å². The summed E-state index contributed by atoms with van der Waals surface area (Å²) in [6.45, 7) is 3.97. The van der Waals surface area contributed by atoms with Gasteiger partial charge in [-0.3, -0.25) is 4.40 Å². The van der Waals surface area contributed by atoms with E-state index in [1.807, 2.05) is 32.0 Å². The number of aromatic carboxylic acids is 1. The van der Waals surface area contributed by atoms with Crippen LogP contribution in [-0.2, 0) is 6.42 Å². The number of nitrogens with zero attached hydrogens (tertiary/aromatic N) is 2. The van der Waals surface area contributed by atoms with E-state index in [4.69, 9.17) is 9.47 Å². The summed E-state index contributed by atoms with van der Waals surface area (Å²) in [5, 5.41) is 9.77. The minimum Gasteiger partial charge on any atom is -0.497 e. The smallest absolute Gasteiger partial charge is 0.354 e. The Morgan fingerprint density at radius 2 is 2.08 bits per heavy atom. The molecule has 0 fully saturated rings. The van der Waals surface area contributed by atoms with E-state index in [0.29, 0.717) is 28.6 Å². The van der Waals surface area contributed by atoms with Gasteiger partial charge in [0.15, 0.2) is 10.7 Å². The number of fused-ring (bicyclic) bond motifs is 1. The van der Waals surface area contributed by atoms with Crippen LogP contribution in [0, 0.1) is 6.92 Å². The molecular weight excluding hydrogens is 340 g/mol. The van der Waals surface area contributed by atoms with Crippen molar-refractivity contribution in [2.24, 2.45) is 0 Å². The molecule has 3 rings (SSSR count). The third-order valence-electron chi connectivity index (χ3n) is 4.07. The summed E-state index contributed by atoms with van der Waals surface area (Å²) in [6.07, 6.45) is 1.46. The molecule has 0 unspecified atom stereocenters. The zero-order valence-corrected chi connectivity index (χ0v) is 15.4. The Hall–Kier alpha value is -2.54. The fraction of sp³-hybridized carbons (Fsp3) is 0.333. The average Bonchev–Trinajstić information content (AvgIpc) is 3.08. The quantitative estimate of drug-likeness (QED) is 0.718. The van der Waals surface area contributed by atoms with E-state index in [-0.39, 0.29) is 5.69 Å². The van der Waals surface area contributed by atoms with Gasteiger partial charge in [0.1, 0.15) is 11.5 Å².